The first-order chi connectivity index (χ1) is 18.2. The van der Waals surface area contributed by atoms with Crippen LogP contribution in [0.2, 0.25) is 36.3 Å². The van der Waals surface area contributed by atoms with Gasteiger partial charge in [0.2, 0.25) is 0 Å². The van der Waals surface area contributed by atoms with Crippen LogP contribution in [0.4, 0.5) is 0 Å². The number of aliphatic hydroxyl groups is 1. The van der Waals surface area contributed by atoms with Crippen LogP contribution >= 0.6 is 0 Å². The molecule has 5 heteroatoms. The summed E-state index contributed by atoms with van der Waals surface area (Å²) in [5.41, 5.74) is 2.89. The SMILES string of the molecule is CC(C)(O)CCCCC=Cc1cccc(C=Cc2ccc(O[Si](C)(C)C(C)(C)C)c(O[Si](C)(C)C(C)(C)C)c2)c1. The molecule has 0 unspecified atom stereocenters. The Balaban J connectivity index is 2.25. The van der Waals surface area contributed by atoms with Gasteiger partial charge in [-0.3, -0.25) is 0 Å². The van der Waals surface area contributed by atoms with E-state index in [2.05, 4.69) is 134 Å². The van der Waals surface area contributed by atoms with Crippen molar-refractivity contribution in [2.45, 2.75) is 123 Å². The minimum absolute atomic E-state index is 0.0937. The zero-order chi connectivity index (χ0) is 30.4. The van der Waals surface area contributed by atoms with Crippen molar-refractivity contribution in [3.8, 4) is 11.5 Å². The van der Waals surface area contributed by atoms with Crippen LogP contribution < -0.4 is 8.85 Å². The summed E-state index contributed by atoms with van der Waals surface area (Å²) in [6.07, 6.45) is 12.8. The maximum atomic E-state index is 9.87. The third kappa shape index (κ3) is 10.7. The molecular weight excluding hydrogens is 525 g/mol. The lowest BCUT2D eigenvalue weighted by Crippen LogP contribution is -2.45. The fourth-order valence-electron chi connectivity index (χ4n) is 3.65. The van der Waals surface area contributed by atoms with Crippen molar-refractivity contribution in [3.63, 3.8) is 0 Å². The van der Waals surface area contributed by atoms with Gasteiger partial charge in [-0.15, -0.1) is 0 Å². The van der Waals surface area contributed by atoms with E-state index in [4.69, 9.17) is 8.85 Å². The molecule has 0 aliphatic carbocycles. The molecule has 3 nitrogen and oxygen atoms in total. The molecule has 0 heterocycles. The van der Waals surface area contributed by atoms with Crippen LogP contribution in [-0.2, 0) is 0 Å². The molecule has 222 valence electrons. The molecule has 0 bridgehead atoms. The third-order valence-electron chi connectivity index (χ3n) is 8.41. The average Bonchev–Trinajstić information content (AvgIpc) is 2.79. The number of benzene rings is 2. The summed E-state index contributed by atoms with van der Waals surface area (Å²) in [4.78, 5) is 0. The predicted molar refractivity (Wildman–Crippen MR) is 181 cm³/mol. The molecule has 0 radical (unpaired) electrons. The summed E-state index contributed by atoms with van der Waals surface area (Å²) in [5, 5.41) is 10.1. The van der Waals surface area contributed by atoms with Crippen LogP contribution in [0.25, 0.3) is 18.2 Å². The van der Waals surface area contributed by atoms with Gasteiger partial charge in [0.1, 0.15) is 11.5 Å². The normalized spacial score (nSPS) is 13.8. The van der Waals surface area contributed by atoms with Crippen molar-refractivity contribution in [1.29, 1.82) is 0 Å². The zero-order valence-corrected chi connectivity index (χ0v) is 29.4. The van der Waals surface area contributed by atoms with Crippen molar-refractivity contribution >= 4 is 34.9 Å². The second-order valence-electron chi connectivity index (χ2n) is 14.9. The van der Waals surface area contributed by atoms with Gasteiger partial charge in [0.05, 0.1) is 5.60 Å². The Labute approximate surface area is 248 Å². The molecular formula is C35H56O3Si2. The minimum atomic E-state index is -2.06. The van der Waals surface area contributed by atoms with Gasteiger partial charge in [-0.2, -0.15) is 0 Å². The van der Waals surface area contributed by atoms with E-state index in [-0.39, 0.29) is 10.1 Å². The molecule has 0 fully saturated rings. The highest BCUT2D eigenvalue weighted by atomic mass is 28.4. The molecule has 0 aliphatic rings. The Morgan fingerprint density at radius 2 is 1.15 bits per heavy atom. The highest BCUT2D eigenvalue weighted by Gasteiger charge is 2.42. The summed E-state index contributed by atoms with van der Waals surface area (Å²) < 4.78 is 13.6. The summed E-state index contributed by atoms with van der Waals surface area (Å²) in [6.45, 7) is 26.5. The Morgan fingerprint density at radius 1 is 0.650 bits per heavy atom. The van der Waals surface area contributed by atoms with Gasteiger partial charge in [0.25, 0.3) is 16.6 Å². The van der Waals surface area contributed by atoms with Crippen LogP contribution in [0.15, 0.2) is 48.5 Å². The van der Waals surface area contributed by atoms with Gasteiger partial charge < -0.3 is 14.0 Å². The van der Waals surface area contributed by atoms with Gasteiger partial charge in [-0.1, -0.05) is 96.5 Å². The van der Waals surface area contributed by atoms with E-state index >= 15 is 0 Å². The molecule has 2 rings (SSSR count). The summed E-state index contributed by atoms with van der Waals surface area (Å²) >= 11 is 0. The van der Waals surface area contributed by atoms with Gasteiger partial charge in [-0.05, 0) is 104 Å². The van der Waals surface area contributed by atoms with Crippen molar-refractivity contribution < 1.29 is 14.0 Å². The maximum Gasteiger partial charge on any atom is 0.250 e. The predicted octanol–water partition coefficient (Wildman–Crippen LogP) is 11.0. The Bertz CT molecular complexity index is 1160. The Morgan fingerprint density at radius 3 is 1.68 bits per heavy atom. The number of hydrogen-bond acceptors (Lipinski definition) is 3. The van der Waals surface area contributed by atoms with Gasteiger partial charge in [-0.25, -0.2) is 0 Å². The van der Waals surface area contributed by atoms with E-state index in [1.807, 2.05) is 13.8 Å². The fourth-order valence-corrected chi connectivity index (χ4v) is 5.69. The zero-order valence-electron chi connectivity index (χ0n) is 27.4. The first-order valence-electron chi connectivity index (χ1n) is 14.9. The molecule has 0 saturated carbocycles. The first-order valence-corrected chi connectivity index (χ1v) is 20.7. The standard InChI is InChI=1S/C35H56O3Si2/c1-33(2,3)39(9,10)37-31-24-23-30(27-32(31)38-40(11,12)34(4,5)6)22-21-29-20-17-19-28(26-29)18-15-13-14-16-25-35(7,8)36/h15,17-24,26-27,36H,13-14,16,25H2,1-12H3. The van der Waals surface area contributed by atoms with Crippen molar-refractivity contribution in [2.24, 2.45) is 0 Å². The van der Waals surface area contributed by atoms with Crippen LogP contribution in [-0.4, -0.2) is 27.3 Å². The largest absolute Gasteiger partial charge is 0.541 e. The molecule has 0 atom stereocenters. The summed E-state index contributed by atoms with van der Waals surface area (Å²) in [7, 11) is -4.08. The van der Waals surface area contributed by atoms with E-state index < -0.39 is 22.2 Å². The minimum Gasteiger partial charge on any atom is -0.541 e. The second kappa shape index (κ2) is 13.3. The highest BCUT2D eigenvalue weighted by Crippen LogP contribution is 2.44. The third-order valence-corrected chi connectivity index (χ3v) is 17.1. The van der Waals surface area contributed by atoms with E-state index in [1.54, 1.807) is 0 Å². The maximum absolute atomic E-state index is 9.87. The lowest BCUT2D eigenvalue weighted by atomic mass is 10.0. The topological polar surface area (TPSA) is 38.7 Å². The van der Waals surface area contributed by atoms with E-state index in [1.165, 1.54) is 5.56 Å². The van der Waals surface area contributed by atoms with E-state index in [0.717, 1.165) is 48.3 Å². The van der Waals surface area contributed by atoms with Crippen molar-refractivity contribution in [1.82, 2.24) is 0 Å². The fraction of sp³-hybridized carbons (Fsp3) is 0.543. The number of allylic oxidation sites excluding steroid dienone is 1. The molecule has 0 aromatic heterocycles. The smallest absolute Gasteiger partial charge is 0.250 e. The number of rotatable bonds is 12. The lowest BCUT2D eigenvalue weighted by molar-refractivity contribution is 0.0683. The summed E-state index contributed by atoms with van der Waals surface area (Å²) in [5.74, 6) is 1.73. The molecule has 2 aromatic carbocycles. The van der Waals surface area contributed by atoms with Gasteiger partial charge in [0.15, 0.2) is 0 Å². The Hall–Kier alpha value is -2.09. The lowest BCUT2D eigenvalue weighted by Gasteiger charge is -2.39. The summed E-state index contributed by atoms with van der Waals surface area (Å²) in [6, 6.07) is 15.0. The van der Waals surface area contributed by atoms with E-state index in [9.17, 15) is 5.11 Å². The number of hydrogen-bond donors (Lipinski definition) is 1. The van der Waals surface area contributed by atoms with Gasteiger partial charge >= 0.3 is 0 Å². The van der Waals surface area contributed by atoms with Crippen molar-refractivity contribution in [2.75, 3.05) is 0 Å². The molecule has 0 saturated heterocycles. The molecule has 40 heavy (non-hydrogen) atoms. The van der Waals surface area contributed by atoms with E-state index in [0.29, 0.717) is 0 Å². The van der Waals surface area contributed by atoms with Crippen LogP contribution in [0.1, 0.15) is 97.8 Å². The monoisotopic (exact) mass is 580 g/mol. The average molecular weight is 581 g/mol. The molecule has 1 N–H and O–H groups in total. The second-order valence-corrected chi connectivity index (χ2v) is 24.3. The van der Waals surface area contributed by atoms with Gasteiger partial charge in [0, 0.05) is 0 Å². The van der Waals surface area contributed by atoms with Crippen LogP contribution in [0.5, 0.6) is 11.5 Å². The Kier molecular flexibility index (Phi) is 11.3. The number of unbranched alkanes of at least 4 members (excludes halogenated alkanes) is 2. The molecule has 2 aromatic rings. The highest BCUT2D eigenvalue weighted by molar-refractivity contribution is 6.75. The van der Waals surface area contributed by atoms with Crippen LogP contribution in [0, 0.1) is 0 Å². The molecule has 0 amide bonds. The first kappa shape index (κ1) is 34.1. The van der Waals surface area contributed by atoms with Crippen LogP contribution in [0.3, 0.4) is 0 Å². The molecule has 0 aliphatic heterocycles. The van der Waals surface area contributed by atoms with Crippen molar-refractivity contribution in [3.05, 3.63) is 65.2 Å². The quantitative estimate of drug-likeness (QED) is 0.154. The molecule has 0 spiro atoms.